The van der Waals surface area contributed by atoms with Crippen molar-refractivity contribution in [1.82, 2.24) is 10.2 Å². The molecule has 0 fully saturated rings. The Balaban J connectivity index is 2.21. The zero-order valence-corrected chi connectivity index (χ0v) is 6.27. The molecule has 0 spiro atoms. The van der Waals surface area contributed by atoms with Gasteiger partial charge in [-0.25, -0.2) is 4.79 Å². The maximum Gasteiger partial charge on any atom is 0.353 e. The van der Waals surface area contributed by atoms with E-state index in [4.69, 9.17) is 5.11 Å². The van der Waals surface area contributed by atoms with Crippen molar-refractivity contribution in [2.24, 2.45) is 0 Å². The average Bonchev–Trinajstić information content (AvgIpc) is 2.46. The van der Waals surface area contributed by atoms with E-state index in [2.05, 4.69) is 5.32 Å². The van der Waals surface area contributed by atoms with Gasteiger partial charge in [-0.3, -0.25) is 0 Å². The normalized spacial score (nSPS) is 24.8. The van der Waals surface area contributed by atoms with E-state index >= 15 is 0 Å². The van der Waals surface area contributed by atoms with Crippen LogP contribution in [-0.2, 0) is 4.79 Å². The minimum Gasteiger partial charge on any atom is -0.477 e. The minimum absolute atomic E-state index is 0.0268. The summed E-state index contributed by atoms with van der Waals surface area (Å²) in [7, 11) is 0. The summed E-state index contributed by atoms with van der Waals surface area (Å²) in [6.07, 6.45) is 9.01. The zero-order chi connectivity index (χ0) is 8.55. The second-order valence-corrected chi connectivity index (χ2v) is 2.61. The summed E-state index contributed by atoms with van der Waals surface area (Å²) in [5.74, 6) is -0.925. The van der Waals surface area contributed by atoms with Crippen LogP contribution in [0.25, 0.3) is 0 Å². The van der Waals surface area contributed by atoms with Gasteiger partial charge in [0.15, 0.2) is 0 Å². The number of nitrogens with one attached hydrogen (secondary N) is 1. The minimum atomic E-state index is -0.925. The van der Waals surface area contributed by atoms with Gasteiger partial charge in [-0.15, -0.1) is 0 Å². The van der Waals surface area contributed by atoms with Crippen LogP contribution in [0.4, 0.5) is 0 Å². The first kappa shape index (κ1) is 6.97. The van der Waals surface area contributed by atoms with Gasteiger partial charge in [0, 0.05) is 12.4 Å². The number of carboxylic acid groups (broad SMARTS) is 1. The van der Waals surface area contributed by atoms with Crippen LogP contribution in [0.5, 0.6) is 0 Å². The van der Waals surface area contributed by atoms with E-state index in [0.29, 0.717) is 0 Å². The maximum atomic E-state index is 10.5. The molecule has 0 aromatic carbocycles. The molecule has 2 aliphatic heterocycles. The predicted octanol–water partition coefficient (Wildman–Crippen LogP) is 0.227. The van der Waals surface area contributed by atoms with E-state index in [1.807, 2.05) is 29.3 Å². The molecular weight excluding hydrogens is 156 g/mol. The molecule has 0 amide bonds. The van der Waals surface area contributed by atoms with Crippen molar-refractivity contribution in [2.75, 3.05) is 0 Å². The molecule has 2 heterocycles. The lowest BCUT2D eigenvalue weighted by molar-refractivity contribution is -0.133. The van der Waals surface area contributed by atoms with E-state index in [1.165, 1.54) is 0 Å². The summed E-state index contributed by atoms with van der Waals surface area (Å²) in [5.41, 5.74) is 0.233. The van der Waals surface area contributed by atoms with Crippen LogP contribution in [0.3, 0.4) is 0 Å². The first-order chi connectivity index (χ1) is 5.77. The molecule has 0 bridgehead atoms. The molecule has 1 atom stereocenters. The van der Waals surface area contributed by atoms with Gasteiger partial charge in [0.25, 0.3) is 0 Å². The van der Waals surface area contributed by atoms with Crippen LogP contribution in [0, 0.1) is 0 Å². The maximum absolute atomic E-state index is 10.5. The highest BCUT2D eigenvalue weighted by Crippen LogP contribution is 2.15. The van der Waals surface area contributed by atoms with Gasteiger partial charge < -0.3 is 15.3 Å². The number of hydrogen-bond acceptors (Lipinski definition) is 3. The summed E-state index contributed by atoms with van der Waals surface area (Å²) < 4.78 is 0. The Labute approximate surface area is 69.5 Å². The Morgan fingerprint density at radius 1 is 1.58 bits per heavy atom. The summed E-state index contributed by atoms with van der Waals surface area (Å²) in [4.78, 5) is 12.3. The molecule has 1 unspecified atom stereocenters. The van der Waals surface area contributed by atoms with Crippen molar-refractivity contribution in [2.45, 2.75) is 6.17 Å². The fourth-order valence-electron chi connectivity index (χ4n) is 1.22. The van der Waals surface area contributed by atoms with Crippen LogP contribution >= 0.6 is 0 Å². The number of rotatable bonds is 1. The molecule has 2 N–H and O–H groups in total. The lowest BCUT2D eigenvalue weighted by Gasteiger charge is -2.20. The van der Waals surface area contributed by atoms with Gasteiger partial charge in [-0.2, -0.15) is 0 Å². The smallest absolute Gasteiger partial charge is 0.353 e. The van der Waals surface area contributed by atoms with E-state index < -0.39 is 5.97 Å². The molecule has 2 aliphatic rings. The van der Waals surface area contributed by atoms with Crippen LogP contribution < -0.4 is 5.32 Å². The summed E-state index contributed by atoms with van der Waals surface area (Å²) in [5, 5.41) is 11.5. The summed E-state index contributed by atoms with van der Waals surface area (Å²) in [6.45, 7) is 0. The van der Waals surface area contributed by atoms with Gasteiger partial charge in [0.2, 0.25) is 0 Å². The van der Waals surface area contributed by atoms with Crippen molar-refractivity contribution >= 4 is 5.97 Å². The second kappa shape index (κ2) is 2.41. The van der Waals surface area contributed by atoms with E-state index in [0.717, 1.165) is 0 Å². The van der Waals surface area contributed by atoms with Crippen molar-refractivity contribution in [3.63, 3.8) is 0 Å². The number of carboxylic acids is 1. The molecular formula is C8H8N2O2. The van der Waals surface area contributed by atoms with Crippen molar-refractivity contribution in [3.05, 3.63) is 36.3 Å². The Kier molecular flexibility index (Phi) is 1.40. The first-order valence-corrected chi connectivity index (χ1v) is 3.61. The Morgan fingerprint density at radius 3 is 3.08 bits per heavy atom. The highest BCUT2D eigenvalue weighted by Gasteiger charge is 2.24. The number of allylic oxidation sites excluding steroid dienone is 2. The standard InChI is InChI=1S/C8H8N2O2/c11-8(12)6-5-10-4-2-1-3-7(10)9-6/h1-5,7,9H,(H,11,12). The third-order valence-electron chi connectivity index (χ3n) is 1.80. The van der Waals surface area contributed by atoms with Crippen LogP contribution in [0.15, 0.2) is 36.3 Å². The molecule has 0 aromatic rings. The number of hydrogen-bond donors (Lipinski definition) is 2. The average molecular weight is 164 g/mol. The highest BCUT2D eigenvalue weighted by atomic mass is 16.4. The number of carbonyl (C=O) groups is 1. The Morgan fingerprint density at radius 2 is 2.42 bits per heavy atom. The van der Waals surface area contributed by atoms with E-state index in [9.17, 15) is 4.79 Å². The molecule has 0 radical (unpaired) electrons. The van der Waals surface area contributed by atoms with E-state index in [1.54, 1.807) is 6.20 Å². The van der Waals surface area contributed by atoms with Crippen LogP contribution in [0.1, 0.15) is 0 Å². The van der Waals surface area contributed by atoms with Gasteiger partial charge >= 0.3 is 5.97 Å². The topological polar surface area (TPSA) is 52.6 Å². The van der Waals surface area contributed by atoms with Crippen LogP contribution in [0.2, 0.25) is 0 Å². The number of nitrogens with zero attached hydrogens (tertiary/aromatic N) is 1. The SMILES string of the molecule is O=C(O)C1=CN2C=CC=CC2N1. The first-order valence-electron chi connectivity index (χ1n) is 3.61. The van der Waals surface area contributed by atoms with E-state index in [-0.39, 0.29) is 11.9 Å². The third kappa shape index (κ3) is 0.972. The molecule has 0 aliphatic carbocycles. The third-order valence-corrected chi connectivity index (χ3v) is 1.80. The van der Waals surface area contributed by atoms with Gasteiger partial charge in [-0.05, 0) is 12.2 Å². The molecule has 0 saturated heterocycles. The van der Waals surface area contributed by atoms with Gasteiger partial charge in [0.05, 0.1) is 0 Å². The molecule has 0 aromatic heterocycles. The molecule has 0 saturated carbocycles. The quantitative estimate of drug-likeness (QED) is 0.582. The molecule has 62 valence electrons. The summed E-state index contributed by atoms with van der Waals surface area (Å²) in [6, 6.07) is 0. The zero-order valence-electron chi connectivity index (χ0n) is 6.27. The van der Waals surface area contributed by atoms with Gasteiger partial charge in [-0.1, -0.05) is 6.08 Å². The monoisotopic (exact) mass is 164 g/mol. The molecule has 4 heteroatoms. The Hall–Kier alpha value is -1.71. The van der Waals surface area contributed by atoms with Crippen LogP contribution in [-0.4, -0.2) is 22.1 Å². The van der Waals surface area contributed by atoms with Crippen molar-refractivity contribution in [1.29, 1.82) is 0 Å². The molecule has 12 heavy (non-hydrogen) atoms. The molecule has 2 rings (SSSR count). The van der Waals surface area contributed by atoms with Crippen molar-refractivity contribution in [3.8, 4) is 0 Å². The summed E-state index contributed by atoms with van der Waals surface area (Å²) >= 11 is 0. The van der Waals surface area contributed by atoms with Crippen molar-refractivity contribution < 1.29 is 9.90 Å². The lowest BCUT2D eigenvalue weighted by atomic mass is 10.3. The predicted molar refractivity (Wildman–Crippen MR) is 42.8 cm³/mol. The molecule has 4 nitrogen and oxygen atoms in total. The van der Waals surface area contributed by atoms with Gasteiger partial charge in [0.1, 0.15) is 11.9 Å². The highest BCUT2D eigenvalue weighted by molar-refractivity contribution is 5.86. The fourth-order valence-corrected chi connectivity index (χ4v) is 1.22. The fraction of sp³-hybridized carbons (Fsp3) is 0.125. The number of aliphatic carboxylic acids is 1. The Bertz CT molecular complexity index is 304. The number of fused-ring (bicyclic) bond motifs is 1. The lowest BCUT2D eigenvalue weighted by Crippen LogP contribution is -2.33. The second-order valence-electron chi connectivity index (χ2n) is 2.61. The largest absolute Gasteiger partial charge is 0.477 e.